The van der Waals surface area contributed by atoms with Crippen molar-refractivity contribution in [2.45, 2.75) is 13.1 Å². The molecule has 0 unspecified atom stereocenters. The van der Waals surface area contributed by atoms with E-state index in [0.29, 0.717) is 6.54 Å². The summed E-state index contributed by atoms with van der Waals surface area (Å²) in [6.45, 7) is 5.78. The summed E-state index contributed by atoms with van der Waals surface area (Å²) in [5, 5.41) is 2.72. The summed E-state index contributed by atoms with van der Waals surface area (Å²) in [7, 11) is 0. The normalized spacial score (nSPS) is 11.1. The van der Waals surface area contributed by atoms with Gasteiger partial charge < -0.3 is 10.1 Å². The Labute approximate surface area is 97.3 Å². The van der Waals surface area contributed by atoms with Crippen molar-refractivity contribution in [3.8, 4) is 5.88 Å². The van der Waals surface area contributed by atoms with E-state index >= 15 is 0 Å². The molecule has 1 aromatic rings. The van der Waals surface area contributed by atoms with Gasteiger partial charge in [0.15, 0.2) is 0 Å². The Bertz CT molecular complexity index is 391. The number of alkyl halides is 3. The Morgan fingerprint density at radius 2 is 2.18 bits per heavy atom. The number of nitrogens with one attached hydrogen (secondary N) is 1. The van der Waals surface area contributed by atoms with Crippen LogP contribution in [-0.4, -0.2) is 18.1 Å². The lowest BCUT2D eigenvalue weighted by Crippen LogP contribution is -2.09. The van der Waals surface area contributed by atoms with Crippen LogP contribution in [0.25, 0.3) is 0 Å². The second-order valence-corrected chi connectivity index (χ2v) is 3.21. The van der Waals surface area contributed by atoms with Crippen LogP contribution >= 0.6 is 0 Å². The molecule has 0 fully saturated rings. The number of rotatable bonds is 5. The molecule has 0 aliphatic carbocycles. The highest BCUT2D eigenvalue weighted by Crippen LogP contribution is 2.32. The molecule has 94 valence electrons. The summed E-state index contributed by atoms with van der Waals surface area (Å²) in [5.41, 5.74) is -0.789. The van der Waals surface area contributed by atoms with E-state index in [1.807, 2.05) is 0 Å². The molecule has 0 saturated carbocycles. The van der Waals surface area contributed by atoms with Crippen molar-refractivity contribution in [3.05, 3.63) is 30.4 Å². The van der Waals surface area contributed by atoms with Crippen LogP contribution in [0.5, 0.6) is 5.88 Å². The van der Waals surface area contributed by atoms with Gasteiger partial charge in [-0.25, -0.2) is 0 Å². The molecule has 0 atom stereocenters. The Kier molecular flexibility index (Phi) is 4.37. The lowest BCUT2D eigenvalue weighted by atomic mass is 10.2. The van der Waals surface area contributed by atoms with E-state index in [4.69, 9.17) is 4.74 Å². The summed E-state index contributed by atoms with van der Waals surface area (Å²) < 4.78 is 42.7. The summed E-state index contributed by atoms with van der Waals surface area (Å²) in [6, 6.07) is 1.81. The molecule has 3 nitrogen and oxygen atoms in total. The first-order valence-electron chi connectivity index (χ1n) is 5.04. The number of nitrogens with zero attached hydrogens (tertiary/aromatic N) is 1. The fourth-order valence-corrected chi connectivity index (χ4v) is 1.16. The molecular weight excluding hydrogens is 233 g/mol. The average molecular weight is 246 g/mol. The van der Waals surface area contributed by atoms with Crippen molar-refractivity contribution in [1.82, 2.24) is 4.98 Å². The minimum atomic E-state index is -4.42. The highest BCUT2D eigenvalue weighted by Gasteiger charge is 2.31. The van der Waals surface area contributed by atoms with Crippen LogP contribution in [0.15, 0.2) is 24.8 Å². The molecule has 0 saturated heterocycles. The maximum absolute atomic E-state index is 12.6. The highest BCUT2D eigenvalue weighted by atomic mass is 19.4. The summed E-state index contributed by atoms with van der Waals surface area (Å²) in [5.74, 6) is 0.0667. The molecule has 1 heterocycles. The van der Waals surface area contributed by atoms with Crippen molar-refractivity contribution in [2.75, 3.05) is 18.5 Å². The van der Waals surface area contributed by atoms with Crippen LogP contribution in [0.4, 0.5) is 19.0 Å². The zero-order valence-electron chi connectivity index (χ0n) is 9.34. The number of hydrogen-bond donors (Lipinski definition) is 1. The maximum atomic E-state index is 12.6. The third-order valence-corrected chi connectivity index (χ3v) is 1.84. The fourth-order valence-electron chi connectivity index (χ4n) is 1.16. The third-order valence-electron chi connectivity index (χ3n) is 1.84. The molecule has 1 rings (SSSR count). The molecule has 1 N–H and O–H groups in total. The second kappa shape index (κ2) is 5.56. The van der Waals surface area contributed by atoms with Crippen LogP contribution in [0.1, 0.15) is 12.5 Å². The summed E-state index contributed by atoms with van der Waals surface area (Å²) in [6.07, 6.45) is -2.98. The van der Waals surface area contributed by atoms with Gasteiger partial charge in [-0.05, 0) is 13.0 Å². The molecule has 0 aliphatic rings. The van der Waals surface area contributed by atoms with Crippen molar-refractivity contribution >= 4 is 5.82 Å². The molecule has 6 heteroatoms. The van der Waals surface area contributed by atoms with E-state index in [1.54, 1.807) is 6.92 Å². The van der Waals surface area contributed by atoms with Gasteiger partial charge in [0.1, 0.15) is 12.4 Å². The van der Waals surface area contributed by atoms with E-state index < -0.39 is 11.7 Å². The lowest BCUT2D eigenvalue weighted by Gasteiger charge is -2.12. The van der Waals surface area contributed by atoms with Gasteiger partial charge in [-0.2, -0.15) is 18.2 Å². The van der Waals surface area contributed by atoms with E-state index in [0.717, 1.165) is 12.1 Å². The van der Waals surface area contributed by atoms with Gasteiger partial charge in [0.25, 0.3) is 0 Å². The maximum Gasteiger partial charge on any atom is 0.416 e. The third kappa shape index (κ3) is 3.97. The molecule has 0 amide bonds. The number of pyridine rings is 1. The van der Waals surface area contributed by atoms with E-state index in [2.05, 4.69) is 16.9 Å². The first-order chi connectivity index (χ1) is 7.97. The van der Waals surface area contributed by atoms with Crippen LogP contribution in [-0.2, 0) is 6.18 Å². The monoisotopic (exact) mass is 246 g/mol. The molecule has 1 aromatic heterocycles. The molecule has 0 radical (unpaired) electrons. The Hall–Kier alpha value is -1.72. The quantitative estimate of drug-likeness (QED) is 0.810. The van der Waals surface area contributed by atoms with E-state index in [-0.39, 0.29) is 18.3 Å². The van der Waals surface area contributed by atoms with Crippen LogP contribution in [0.2, 0.25) is 0 Å². The summed E-state index contributed by atoms with van der Waals surface area (Å²) >= 11 is 0. The number of hydrogen-bond acceptors (Lipinski definition) is 3. The highest BCUT2D eigenvalue weighted by molar-refractivity contribution is 5.42. The smallest absolute Gasteiger partial charge is 0.416 e. The van der Waals surface area contributed by atoms with Gasteiger partial charge in [-0.15, -0.1) is 0 Å². The van der Waals surface area contributed by atoms with Crippen molar-refractivity contribution in [1.29, 1.82) is 0 Å². The average Bonchev–Trinajstić information content (AvgIpc) is 2.25. The van der Waals surface area contributed by atoms with Gasteiger partial charge in [0.2, 0.25) is 5.88 Å². The second-order valence-electron chi connectivity index (χ2n) is 3.21. The fraction of sp³-hybridized carbons (Fsp3) is 0.364. The molecule has 0 spiro atoms. The van der Waals surface area contributed by atoms with Gasteiger partial charge in [-0.3, -0.25) is 0 Å². The molecular formula is C11H13F3N2O. The first-order valence-corrected chi connectivity index (χ1v) is 5.04. The SMILES string of the molecule is C=CCOc1cc(C(F)(F)F)cc(NCC)n1. The van der Waals surface area contributed by atoms with Gasteiger partial charge in [-0.1, -0.05) is 12.7 Å². The van der Waals surface area contributed by atoms with Gasteiger partial charge in [0, 0.05) is 12.6 Å². The predicted molar refractivity (Wildman–Crippen MR) is 59.1 cm³/mol. The van der Waals surface area contributed by atoms with Crippen molar-refractivity contribution in [2.24, 2.45) is 0 Å². The molecule has 0 bridgehead atoms. The zero-order chi connectivity index (χ0) is 12.9. The van der Waals surface area contributed by atoms with Crippen LogP contribution in [0.3, 0.4) is 0 Å². The minimum Gasteiger partial charge on any atom is -0.473 e. The Balaban J connectivity index is 3.04. The predicted octanol–water partition coefficient (Wildman–Crippen LogP) is 3.10. The van der Waals surface area contributed by atoms with E-state index in [1.165, 1.54) is 6.08 Å². The van der Waals surface area contributed by atoms with Crippen molar-refractivity contribution < 1.29 is 17.9 Å². The van der Waals surface area contributed by atoms with Crippen molar-refractivity contribution in [3.63, 3.8) is 0 Å². The molecule has 0 aromatic carbocycles. The number of halogens is 3. The number of aromatic nitrogens is 1. The number of anilines is 1. The van der Waals surface area contributed by atoms with Gasteiger partial charge in [0.05, 0.1) is 5.56 Å². The molecule has 17 heavy (non-hydrogen) atoms. The Morgan fingerprint density at radius 1 is 1.47 bits per heavy atom. The molecule has 0 aliphatic heterocycles. The van der Waals surface area contributed by atoms with Crippen LogP contribution in [0, 0.1) is 0 Å². The Morgan fingerprint density at radius 3 is 2.71 bits per heavy atom. The minimum absolute atomic E-state index is 0.0734. The van der Waals surface area contributed by atoms with E-state index in [9.17, 15) is 13.2 Å². The number of ether oxygens (including phenoxy) is 1. The van der Waals surface area contributed by atoms with Gasteiger partial charge >= 0.3 is 6.18 Å². The van der Waals surface area contributed by atoms with Crippen LogP contribution < -0.4 is 10.1 Å². The lowest BCUT2D eigenvalue weighted by molar-refractivity contribution is -0.137. The standard InChI is InChI=1S/C11H13F3N2O/c1-3-5-17-10-7-8(11(12,13)14)6-9(16-10)15-4-2/h3,6-7H,1,4-5H2,2H3,(H,15,16). The largest absolute Gasteiger partial charge is 0.473 e. The summed E-state index contributed by atoms with van der Waals surface area (Å²) in [4.78, 5) is 3.89. The first kappa shape index (κ1) is 13.3. The topological polar surface area (TPSA) is 34.1 Å². The zero-order valence-corrected chi connectivity index (χ0v) is 9.34.